The molecule has 0 aromatic carbocycles. The molecule has 0 spiro atoms. The average Bonchev–Trinajstić information content (AvgIpc) is 3.07. The Balaban J connectivity index is 1.74. The highest BCUT2D eigenvalue weighted by atomic mass is 32.1. The molecule has 21 heavy (non-hydrogen) atoms. The zero-order valence-corrected chi connectivity index (χ0v) is 13.5. The number of piperidine rings is 1. The third-order valence-corrected chi connectivity index (χ3v) is 5.18. The van der Waals surface area contributed by atoms with Crippen LogP contribution < -0.4 is 5.32 Å². The Bertz CT molecular complexity index is 491. The first kappa shape index (κ1) is 14.9. The number of ether oxygens (including phenoxy) is 1. The SMILES string of the molecule is CC(C)NC(=O)[C@]12CCO[C@H]1CCN(Cc1nccs1)C2. The van der Waals surface area contributed by atoms with Crippen LogP contribution in [0.5, 0.6) is 0 Å². The molecule has 0 aliphatic carbocycles. The van der Waals surface area contributed by atoms with Gasteiger partial charge in [0.15, 0.2) is 0 Å². The summed E-state index contributed by atoms with van der Waals surface area (Å²) in [6.07, 6.45) is 3.66. The Hall–Kier alpha value is -0.980. The van der Waals surface area contributed by atoms with E-state index in [2.05, 4.69) is 15.2 Å². The number of carbonyl (C=O) groups is 1. The van der Waals surface area contributed by atoms with Gasteiger partial charge in [0.25, 0.3) is 0 Å². The molecule has 3 heterocycles. The fourth-order valence-electron chi connectivity index (χ4n) is 3.42. The van der Waals surface area contributed by atoms with Gasteiger partial charge in [-0.2, -0.15) is 0 Å². The van der Waals surface area contributed by atoms with Gasteiger partial charge in [-0.15, -0.1) is 11.3 Å². The summed E-state index contributed by atoms with van der Waals surface area (Å²) in [6, 6.07) is 0.169. The van der Waals surface area contributed by atoms with Crippen molar-refractivity contribution in [1.82, 2.24) is 15.2 Å². The molecule has 0 bridgehead atoms. The molecular formula is C15H23N3O2S. The van der Waals surface area contributed by atoms with Gasteiger partial charge < -0.3 is 10.1 Å². The summed E-state index contributed by atoms with van der Waals surface area (Å²) in [5.74, 6) is 0.156. The summed E-state index contributed by atoms with van der Waals surface area (Å²) in [4.78, 5) is 19.4. The van der Waals surface area contributed by atoms with Crippen LogP contribution in [0.3, 0.4) is 0 Å². The molecule has 2 aliphatic heterocycles. The predicted molar refractivity (Wildman–Crippen MR) is 82.1 cm³/mol. The predicted octanol–water partition coefficient (Wildman–Crippen LogP) is 1.65. The van der Waals surface area contributed by atoms with Gasteiger partial charge in [-0.1, -0.05) is 0 Å². The van der Waals surface area contributed by atoms with E-state index < -0.39 is 0 Å². The molecule has 116 valence electrons. The number of likely N-dealkylation sites (tertiary alicyclic amines) is 1. The minimum Gasteiger partial charge on any atom is -0.377 e. The van der Waals surface area contributed by atoms with Gasteiger partial charge in [-0.3, -0.25) is 9.69 Å². The van der Waals surface area contributed by atoms with Crippen molar-refractivity contribution in [2.24, 2.45) is 5.41 Å². The summed E-state index contributed by atoms with van der Waals surface area (Å²) in [5.41, 5.74) is -0.375. The van der Waals surface area contributed by atoms with Crippen LogP contribution in [0.2, 0.25) is 0 Å². The largest absolute Gasteiger partial charge is 0.377 e. The number of aromatic nitrogens is 1. The quantitative estimate of drug-likeness (QED) is 0.919. The van der Waals surface area contributed by atoms with E-state index >= 15 is 0 Å². The van der Waals surface area contributed by atoms with Crippen LogP contribution in [0, 0.1) is 5.41 Å². The third-order valence-electron chi connectivity index (χ3n) is 4.41. The topological polar surface area (TPSA) is 54.5 Å². The van der Waals surface area contributed by atoms with Crippen LogP contribution in [-0.4, -0.2) is 47.6 Å². The molecule has 2 saturated heterocycles. The Labute approximate surface area is 129 Å². The fourth-order valence-corrected chi connectivity index (χ4v) is 4.07. The average molecular weight is 309 g/mol. The second-order valence-corrected chi connectivity index (χ2v) is 7.30. The molecule has 1 aromatic heterocycles. The minimum absolute atomic E-state index is 0.0730. The van der Waals surface area contributed by atoms with E-state index in [-0.39, 0.29) is 23.5 Å². The maximum atomic E-state index is 12.7. The van der Waals surface area contributed by atoms with E-state index in [1.165, 1.54) is 0 Å². The number of nitrogens with one attached hydrogen (secondary N) is 1. The van der Waals surface area contributed by atoms with Crippen molar-refractivity contribution >= 4 is 17.2 Å². The fraction of sp³-hybridized carbons (Fsp3) is 0.733. The van der Waals surface area contributed by atoms with E-state index in [0.717, 1.165) is 37.5 Å². The van der Waals surface area contributed by atoms with Gasteiger partial charge in [0.05, 0.1) is 18.1 Å². The maximum Gasteiger partial charge on any atom is 0.230 e. The van der Waals surface area contributed by atoms with Gasteiger partial charge in [0.2, 0.25) is 5.91 Å². The van der Waals surface area contributed by atoms with E-state index in [4.69, 9.17) is 4.74 Å². The highest BCUT2D eigenvalue weighted by molar-refractivity contribution is 7.09. The van der Waals surface area contributed by atoms with Crippen molar-refractivity contribution in [2.75, 3.05) is 19.7 Å². The van der Waals surface area contributed by atoms with Crippen molar-refractivity contribution in [1.29, 1.82) is 0 Å². The van der Waals surface area contributed by atoms with Crippen molar-refractivity contribution in [3.63, 3.8) is 0 Å². The molecule has 6 heteroatoms. The summed E-state index contributed by atoms with van der Waals surface area (Å²) < 4.78 is 5.85. The van der Waals surface area contributed by atoms with Crippen molar-refractivity contribution < 1.29 is 9.53 Å². The number of amides is 1. The summed E-state index contributed by atoms with van der Waals surface area (Å²) in [7, 11) is 0. The molecular weight excluding hydrogens is 286 g/mol. The normalized spacial score (nSPS) is 29.6. The van der Waals surface area contributed by atoms with Crippen molar-refractivity contribution in [3.8, 4) is 0 Å². The summed E-state index contributed by atoms with van der Waals surface area (Å²) >= 11 is 1.68. The Morgan fingerprint density at radius 3 is 3.24 bits per heavy atom. The first-order chi connectivity index (χ1) is 10.1. The van der Waals surface area contributed by atoms with Crippen molar-refractivity contribution in [2.45, 2.75) is 45.4 Å². The zero-order valence-electron chi connectivity index (χ0n) is 12.7. The molecule has 5 nitrogen and oxygen atoms in total. The summed E-state index contributed by atoms with van der Waals surface area (Å²) in [6.45, 7) is 7.30. The lowest BCUT2D eigenvalue weighted by molar-refractivity contribution is -0.140. The first-order valence-electron chi connectivity index (χ1n) is 7.63. The van der Waals surface area contributed by atoms with Gasteiger partial charge in [-0.05, 0) is 26.7 Å². The molecule has 3 rings (SSSR count). The third kappa shape index (κ3) is 2.98. The van der Waals surface area contributed by atoms with Crippen LogP contribution in [0.1, 0.15) is 31.7 Å². The number of hydrogen-bond acceptors (Lipinski definition) is 5. The van der Waals surface area contributed by atoms with Crippen LogP contribution in [0.15, 0.2) is 11.6 Å². The van der Waals surface area contributed by atoms with Gasteiger partial charge >= 0.3 is 0 Å². The van der Waals surface area contributed by atoms with Crippen LogP contribution in [0.4, 0.5) is 0 Å². The molecule has 1 N–H and O–H groups in total. The van der Waals surface area contributed by atoms with Crippen LogP contribution >= 0.6 is 11.3 Å². The smallest absolute Gasteiger partial charge is 0.230 e. The maximum absolute atomic E-state index is 12.7. The van der Waals surface area contributed by atoms with E-state index in [9.17, 15) is 4.79 Å². The van der Waals surface area contributed by atoms with E-state index in [1.54, 1.807) is 11.3 Å². The van der Waals surface area contributed by atoms with Crippen LogP contribution in [0.25, 0.3) is 0 Å². The lowest BCUT2D eigenvalue weighted by Crippen LogP contribution is -2.57. The van der Waals surface area contributed by atoms with Gasteiger partial charge in [0.1, 0.15) is 5.01 Å². The molecule has 0 saturated carbocycles. The number of thiazole rings is 1. The standard InChI is InChI=1S/C15H23N3O2S/c1-11(2)17-14(19)15-4-7-20-12(15)3-6-18(10-15)9-13-16-5-8-21-13/h5,8,11-12H,3-4,6-7,9-10H2,1-2H3,(H,17,19)/t12-,15-/m0/s1. The minimum atomic E-state index is -0.375. The molecule has 0 radical (unpaired) electrons. The number of hydrogen-bond donors (Lipinski definition) is 1. The second-order valence-electron chi connectivity index (χ2n) is 6.32. The summed E-state index contributed by atoms with van der Waals surface area (Å²) in [5, 5.41) is 6.21. The number of carbonyl (C=O) groups excluding carboxylic acids is 1. The van der Waals surface area contributed by atoms with E-state index in [1.807, 2.05) is 25.4 Å². The highest BCUT2D eigenvalue weighted by Crippen LogP contribution is 2.41. The Morgan fingerprint density at radius 1 is 1.67 bits per heavy atom. The molecule has 2 fully saturated rings. The Morgan fingerprint density at radius 2 is 2.52 bits per heavy atom. The molecule has 2 atom stereocenters. The monoisotopic (exact) mass is 309 g/mol. The molecule has 1 amide bonds. The Kier molecular flexibility index (Phi) is 4.28. The van der Waals surface area contributed by atoms with Gasteiger partial charge in [-0.25, -0.2) is 4.98 Å². The first-order valence-corrected chi connectivity index (χ1v) is 8.51. The molecule has 2 aliphatic rings. The van der Waals surface area contributed by atoms with E-state index in [0.29, 0.717) is 6.61 Å². The van der Waals surface area contributed by atoms with Crippen LogP contribution in [-0.2, 0) is 16.1 Å². The zero-order chi connectivity index (χ0) is 14.9. The molecule has 0 unspecified atom stereocenters. The second kappa shape index (κ2) is 6.02. The number of nitrogens with zero attached hydrogens (tertiary/aromatic N) is 2. The van der Waals surface area contributed by atoms with Crippen molar-refractivity contribution in [3.05, 3.63) is 16.6 Å². The molecule has 1 aromatic rings. The lowest BCUT2D eigenvalue weighted by Gasteiger charge is -2.42. The lowest BCUT2D eigenvalue weighted by atomic mass is 9.75. The van der Waals surface area contributed by atoms with Gasteiger partial charge in [0, 0.05) is 37.3 Å². The highest BCUT2D eigenvalue weighted by Gasteiger charge is 2.53. The number of fused-ring (bicyclic) bond motifs is 1. The number of rotatable bonds is 4.